The minimum absolute atomic E-state index is 0.0798. The van der Waals surface area contributed by atoms with Crippen LogP contribution >= 0.6 is 23.2 Å². The summed E-state index contributed by atoms with van der Waals surface area (Å²) in [7, 11) is 0. The maximum atomic E-state index is 12.6. The average molecular weight is 412 g/mol. The molecule has 1 atom stereocenters. The van der Waals surface area contributed by atoms with Gasteiger partial charge in [0.2, 0.25) is 11.8 Å². The highest BCUT2D eigenvalue weighted by molar-refractivity contribution is 6.35. The zero-order chi connectivity index (χ0) is 19.4. The van der Waals surface area contributed by atoms with Crippen molar-refractivity contribution in [3.05, 3.63) is 33.8 Å². The van der Waals surface area contributed by atoms with Gasteiger partial charge in [0, 0.05) is 29.1 Å². The first-order valence-corrected chi connectivity index (χ1v) is 10.1. The molecule has 2 fully saturated rings. The summed E-state index contributed by atoms with van der Waals surface area (Å²) in [6, 6.07) is 3.86. The van der Waals surface area contributed by atoms with Crippen molar-refractivity contribution in [1.82, 2.24) is 15.5 Å². The topological polar surface area (TPSA) is 78.5 Å². The SMILES string of the molecule is O=C(NCc1ccc(Cl)cc1Cl)C1CCC(=O)N1C(=O)NC1CCCCC1. The van der Waals surface area contributed by atoms with Crippen LogP contribution in [0.5, 0.6) is 0 Å². The fraction of sp³-hybridized carbons (Fsp3) is 0.526. The van der Waals surface area contributed by atoms with E-state index in [2.05, 4.69) is 10.6 Å². The van der Waals surface area contributed by atoms with Crippen molar-refractivity contribution in [1.29, 1.82) is 0 Å². The second kappa shape index (κ2) is 8.93. The molecule has 1 aromatic rings. The monoisotopic (exact) mass is 411 g/mol. The normalized spacial score (nSPS) is 20.6. The predicted molar refractivity (Wildman–Crippen MR) is 104 cm³/mol. The summed E-state index contributed by atoms with van der Waals surface area (Å²) in [6.45, 7) is 0.206. The summed E-state index contributed by atoms with van der Waals surface area (Å²) < 4.78 is 0. The predicted octanol–water partition coefficient (Wildman–Crippen LogP) is 3.64. The van der Waals surface area contributed by atoms with Gasteiger partial charge in [-0.25, -0.2) is 4.79 Å². The highest BCUT2D eigenvalue weighted by atomic mass is 35.5. The number of amides is 4. The van der Waals surface area contributed by atoms with E-state index >= 15 is 0 Å². The van der Waals surface area contributed by atoms with E-state index < -0.39 is 12.1 Å². The van der Waals surface area contributed by atoms with E-state index in [0.717, 1.165) is 36.1 Å². The van der Waals surface area contributed by atoms with E-state index in [9.17, 15) is 14.4 Å². The van der Waals surface area contributed by atoms with Crippen LogP contribution < -0.4 is 10.6 Å². The number of urea groups is 1. The van der Waals surface area contributed by atoms with Crippen molar-refractivity contribution < 1.29 is 14.4 Å². The number of carbonyl (C=O) groups excluding carboxylic acids is 3. The molecule has 2 N–H and O–H groups in total. The van der Waals surface area contributed by atoms with Gasteiger partial charge in [-0.15, -0.1) is 0 Å². The van der Waals surface area contributed by atoms with E-state index in [1.165, 1.54) is 6.42 Å². The number of carbonyl (C=O) groups is 3. The Morgan fingerprint density at radius 3 is 2.56 bits per heavy atom. The molecule has 0 spiro atoms. The molecule has 1 aliphatic carbocycles. The van der Waals surface area contributed by atoms with E-state index in [1.807, 2.05) is 0 Å². The highest BCUT2D eigenvalue weighted by Gasteiger charge is 2.40. The Morgan fingerprint density at radius 2 is 1.85 bits per heavy atom. The Morgan fingerprint density at radius 1 is 1.11 bits per heavy atom. The number of likely N-dealkylation sites (tertiary alicyclic amines) is 1. The van der Waals surface area contributed by atoms with Gasteiger partial charge in [-0.05, 0) is 37.0 Å². The fourth-order valence-corrected chi connectivity index (χ4v) is 4.12. The van der Waals surface area contributed by atoms with Gasteiger partial charge in [0.25, 0.3) is 0 Å². The molecule has 1 aromatic carbocycles. The summed E-state index contributed by atoms with van der Waals surface area (Å²) in [5.41, 5.74) is 0.719. The van der Waals surface area contributed by atoms with E-state index in [-0.39, 0.29) is 30.8 Å². The van der Waals surface area contributed by atoms with Gasteiger partial charge in [-0.1, -0.05) is 48.5 Å². The third kappa shape index (κ3) is 4.93. The first-order chi connectivity index (χ1) is 13.0. The van der Waals surface area contributed by atoms with Crippen LogP contribution in [0.15, 0.2) is 18.2 Å². The van der Waals surface area contributed by atoms with Gasteiger partial charge in [-0.3, -0.25) is 14.5 Å². The van der Waals surface area contributed by atoms with Crippen molar-refractivity contribution in [2.45, 2.75) is 63.6 Å². The van der Waals surface area contributed by atoms with Gasteiger partial charge < -0.3 is 10.6 Å². The van der Waals surface area contributed by atoms with Crippen molar-refractivity contribution in [3.8, 4) is 0 Å². The van der Waals surface area contributed by atoms with Gasteiger partial charge >= 0.3 is 6.03 Å². The molecule has 6 nitrogen and oxygen atoms in total. The van der Waals surface area contributed by atoms with E-state index in [4.69, 9.17) is 23.2 Å². The summed E-state index contributed by atoms with van der Waals surface area (Å²) >= 11 is 12.0. The maximum absolute atomic E-state index is 12.6. The number of benzene rings is 1. The molecule has 0 bridgehead atoms. The molecule has 146 valence electrons. The van der Waals surface area contributed by atoms with Crippen LogP contribution in [0.25, 0.3) is 0 Å². The second-order valence-electron chi connectivity index (χ2n) is 7.06. The summed E-state index contributed by atoms with van der Waals surface area (Å²) in [4.78, 5) is 38.4. The number of hydrogen-bond donors (Lipinski definition) is 2. The first-order valence-electron chi connectivity index (χ1n) is 9.30. The Balaban J connectivity index is 1.60. The van der Waals surface area contributed by atoms with Crippen LogP contribution in [0.4, 0.5) is 4.79 Å². The molecule has 1 aliphatic heterocycles. The molecule has 4 amide bonds. The van der Waals surface area contributed by atoms with Gasteiger partial charge in [-0.2, -0.15) is 0 Å². The van der Waals surface area contributed by atoms with Crippen molar-refractivity contribution >= 4 is 41.0 Å². The van der Waals surface area contributed by atoms with Crippen LogP contribution in [0, 0.1) is 0 Å². The smallest absolute Gasteiger partial charge is 0.325 e. The third-order valence-corrected chi connectivity index (χ3v) is 5.72. The third-order valence-electron chi connectivity index (χ3n) is 5.13. The zero-order valence-corrected chi connectivity index (χ0v) is 16.5. The molecule has 1 unspecified atom stereocenters. The molecule has 1 heterocycles. The van der Waals surface area contributed by atoms with Gasteiger partial charge in [0.1, 0.15) is 6.04 Å². The minimum atomic E-state index is -0.785. The lowest BCUT2D eigenvalue weighted by molar-refractivity contribution is -0.132. The molecular formula is C19H23Cl2N3O3. The number of rotatable bonds is 4. The summed E-state index contributed by atoms with van der Waals surface area (Å²) in [5, 5.41) is 6.66. The molecule has 0 radical (unpaired) electrons. The van der Waals surface area contributed by atoms with Gasteiger partial charge in [0.05, 0.1) is 0 Å². The fourth-order valence-electron chi connectivity index (χ4n) is 3.64. The molecule has 0 aromatic heterocycles. The molecule has 8 heteroatoms. The quantitative estimate of drug-likeness (QED) is 0.793. The van der Waals surface area contributed by atoms with Crippen LogP contribution in [0.3, 0.4) is 0 Å². The number of halogens is 2. The summed E-state index contributed by atoms with van der Waals surface area (Å²) in [5.74, 6) is -0.668. The van der Waals surface area contributed by atoms with Crippen LogP contribution in [0.1, 0.15) is 50.5 Å². The van der Waals surface area contributed by atoms with Gasteiger partial charge in [0.15, 0.2) is 0 Å². The summed E-state index contributed by atoms with van der Waals surface area (Å²) in [6.07, 6.45) is 5.68. The zero-order valence-electron chi connectivity index (χ0n) is 15.0. The van der Waals surface area contributed by atoms with Crippen molar-refractivity contribution in [2.24, 2.45) is 0 Å². The molecular weight excluding hydrogens is 389 g/mol. The second-order valence-corrected chi connectivity index (χ2v) is 7.90. The van der Waals surface area contributed by atoms with E-state index in [1.54, 1.807) is 18.2 Å². The lowest BCUT2D eigenvalue weighted by Gasteiger charge is -2.28. The minimum Gasteiger partial charge on any atom is -0.350 e. The Hall–Kier alpha value is -1.79. The Kier molecular flexibility index (Phi) is 6.60. The average Bonchev–Trinajstić information content (AvgIpc) is 3.03. The largest absolute Gasteiger partial charge is 0.350 e. The first kappa shape index (κ1) is 20.0. The standard InChI is InChI=1S/C19H23Cl2N3O3/c20-13-7-6-12(15(21)10-13)11-22-18(26)16-8-9-17(25)24(16)19(27)23-14-4-2-1-3-5-14/h6-7,10,14,16H,1-5,8-9,11H2,(H,22,26)(H,23,27). The number of imide groups is 1. The highest BCUT2D eigenvalue weighted by Crippen LogP contribution is 2.23. The molecule has 2 aliphatic rings. The Bertz CT molecular complexity index is 735. The Labute approximate surface area is 168 Å². The maximum Gasteiger partial charge on any atom is 0.325 e. The molecule has 3 rings (SSSR count). The molecule has 27 heavy (non-hydrogen) atoms. The lowest BCUT2D eigenvalue weighted by atomic mass is 9.96. The van der Waals surface area contributed by atoms with E-state index in [0.29, 0.717) is 16.5 Å². The van der Waals surface area contributed by atoms with Crippen LogP contribution in [0.2, 0.25) is 10.0 Å². The number of nitrogens with zero attached hydrogens (tertiary/aromatic N) is 1. The van der Waals surface area contributed by atoms with Crippen molar-refractivity contribution in [3.63, 3.8) is 0 Å². The van der Waals surface area contributed by atoms with Crippen LogP contribution in [-0.4, -0.2) is 34.8 Å². The molecule has 1 saturated carbocycles. The van der Waals surface area contributed by atoms with Crippen LogP contribution in [-0.2, 0) is 16.1 Å². The molecule has 1 saturated heterocycles. The number of hydrogen-bond acceptors (Lipinski definition) is 3. The number of nitrogens with one attached hydrogen (secondary N) is 2. The lowest BCUT2D eigenvalue weighted by Crippen LogP contribution is -2.53. The van der Waals surface area contributed by atoms with Crippen molar-refractivity contribution in [2.75, 3.05) is 0 Å².